The second kappa shape index (κ2) is 5.99. The Balaban J connectivity index is 1.79. The summed E-state index contributed by atoms with van der Waals surface area (Å²) in [4.78, 5) is 13.3. The van der Waals surface area contributed by atoms with Gasteiger partial charge in [-0.05, 0) is 35.1 Å². The topological polar surface area (TPSA) is 58.3 Å². The van der Waals surface area contributed by atoms with Crippen molar-refractivity contribution in [1.29, 1.82) is 0 Å². The van der Waals surface area contributed by atoms with E-state index in [1.54, 1.807) is 6.20 Å². The number of rotatable bonds is 2. The summed E-state index contributed by atoms with van der Waals surface area (Å²) < 4.78 is 0.586. The Labute approximate surface area is 132 Å². The van der Waals surface area contributed by atoms with E-state index in [-0.39, 0.29) is 0 Å². The summed E-state index contributed by atoms with van der Waals surface area (Å²) >= 11 is 3.31. The van der Waals surface area contributed by atoms with Gasteiger partial charge in [-0.2, -0.15) is 0 Å². The van der Waals surface area contributed by atoms with Crippen LogP contribution in [0.4, 0.5) is 11.5 Å². The molecule has 2 N–H and O–H groups in total. The van der Waals surface area contributed by atoms with Crippen molar-refractivity contribution >= 4 is 27.4 Å². The van der Waals surface area contributed by atoms with E-state index in [2.05, 4.69) is 67.0 Å². The molecule has 0 unspecified atom stereocenters. The average molecular weight is 348 g/mol. The molecule has 2 heterocycles. The summed E-state index contributed by atoms with van der Waals surface area (Å²) in [5.74, 6) is 0.410. The minimum absolute atomic E-state index is 0.410. The van der Waals surface area contributed by atoms with Gasteiger partial charge in [-0.1, -0.05) is 12.1 Å². The zero-order valence-electron chi connectivity index (χ0n) is 12.0. The molecule has 2 aromatic rings. The van der Waals surface area contributed by atoms with Crippen LogP contribution in [0.1, 0.15) is 0 Å². The molecule has 0 amide bonds. The van der Waals surface area contributed by atoms with Gasteiger partial charge in [0.2, 0.25) is 0 Å². The van der Waals surface area contributed by atoms with Crippen molar-refractivity contribution < 1.29 is 0 Å². The number of aromatic nitrogens is 2. The number of hydrogen-bond acceptors (Lipinski definition) is 5. The molecule has 0 aliphatic carbocycles. The molecule has 3 rings (SSSR count). The van der Waals surface area contributed by atoms with Crippen molar-refractivity contribution in [1.82, 2.24) is 14.9 Å². The molecule has 110 valence electrons. The van der Waals surface area contributed by atoms with Gasteiger partial charge in [-0.3, -0.25) is 0 Å². The number of likely N-dealkylation sites (N-methyl/N-ethyl adjacent to an activating group) is 1. The van der Waals surface area contributed by atoms with Crippen LogP contribution in [-0.2, 0) is 0 Å². The van der Waals surface area contributed by atoms with Gasteiger partial charge in [0.25, 0.3) is 0 Å². The fourth-order valence-electron chi connectivity index (χ4n) is 2.42. The second-order valence-corrected chi connectivity index (χ2v) is 6.02. The van der Waals surface area contributed by atoms with Crippen molar-refractivity contribution in [2.45, 2.75) is 0 Å². The summed E-state index contributed by atoms with van der Waals surface area (Å²) in [7, 11) is 2.16. The fourth-order valence-corrected chi connectivity index (χ4v) is 2.72. The minimum atomic E-state index is 0.410. The van der Waals surface area contributed by atoms with Crippen molar-refractivity contribution in [2.24, 2.45) is 0 Å². The maximum atomic E-state index is 5.67. The number of halogens is 1. The molecule has 0 spiro atoms. The lowest BCUT2D eigenvalue weighted by molar-refractivity contribution is 0.313. The SMILES string of the molecule is CN1CCN(c2ccc(-c3cnc(N)c(Br)n3)cc2)CC1. The Morgan fingerprint density at radius 2 is 1.76 bits per heavy atom. The van der Waals surface area contributed by atoms with Gasteiger partial charge in [0.1, 0.15) is 4.60 Å². The number of nitrogen functional groups attached to an aromatic ring is 1. The van der Waals surface area contributed by atoms with Gasteiger partial charge in [0, 0.05) is 37.4 Å². The van der Waals surface area contributed by atoms with Gasteiger partial charge in [0.15, 0.2) is 5.82 Å². The Bertz CT molecular complexity index is 620. The molecular weight excluding hydrogens is 330 g/mol. The Kier molecular flexibility index (Phi) is 4.07. The molecular formula is C15H18BrN5. The largest absolute Gasteiger partial charge is 0.381 e. The molecule has 21 heavy (non-hydrogen) atoms. The van der Waals surface area contributed by atoms with E-state index in [0.717, 1.165) is 37.4 Å². The van der Waals surface area contributed by atoms with Gasteiger partial charge in [0.05, 0.1) is 11.9 Å². The Morgan fingerprint density at radius 3 is 2.38 bits per heavy atom. The maximum Gasteiger partial charge on any atom is 0.156 e. The molecule has 1 aliphatic heterocycles. The lowest BCUT2D eigenvalue weighted by Gasteiger charge is -2.34. The van der Waals surface area contributed by atoms with Gasteiger partial charge in [-0.25, -0.2) is 9.97 Å². The summed E-state index contributed by atoms with van der Waals surface area (Å²) in [5, 5.41) is 0. The second-order valence-electron chi connectivity index (χ2n) is 5.27. The average Bonchev–Trinajstić information content (AvgIpc) is 2.51. The van der Waals surface area contributed by atoms with Crippen LogP contribution < -0.4 is 10.6 Å². The van der Waals surface area contributed by atoms with Crippen LogP contribution in [0.25, 0.3) is 11.3 Å². The number of hydrogen-bond donors (Lipinski definition) is 1. The molecule has 0 radical (unpaired) electrons. The van der Waals surface area contributed by atoms with Crippen LogP contribution in [0.2, 0.25) is 0 Å². The zero-order valence-corrected chi connectivity index (χ0v) is 13.5. The third-order valence-electron chi connectivity index (χ3n) is 3.79. The molecule has 0 bridgehead atoms. The molecule has 0 atom stereocenters. The van der Waals surface area contributed by atoms with Crippen LogP contribution in [0.3, 0.4) is 0 Å². The van der Waals surface area contributed by atoms with Crippen LogP contribution in [0, 0.1) is 0 Å². The van der Waals surface area contributed by atoms with E-state index in [4.69, 9.17) is 5.73 Å². The van der Waals surface area contributed by atoms with Crippen molar-refractivity contribution in [3.05, 3.63) is 35.1 Å². The summed E-state index contributed by atoms with van der Waals surface area (Å²) in [6, 6.07) is 8.46. The van der Waals surface area contributed by atoms with Crippen LogP contribution >= 0.6 is 15.9 Å². The third kappa shape index (κ3) is 3.16. The molecule has 0 saturated carbocycles. The van der Waals surface area contributed by atoms with Crippen LogP contribution in [0.15, 0.2) is 35.1 Å². The lowest BCUT2D eigenvalue weighted by Crippen LogP contribution is -2.44. The minimum Gasteiger partial charge on any atom is -0.381 e. The first-order valence-corrected chi connectivity index (χ1v) is 7.75. The lowest BCUT2D eigenvalue weighted by atomic mass is 10.1. The number of benzene rings is 1. The molecule has 1 aliphatic rings. The van der Waals surface area contributed by atoms with Crippen molar-refractivity contribution in [2.75, 3.05) is 43.9 Å². The van der Waals surface area contributed by atoms with Crippen molar-refractivity contribution in [3.63, 3.8) is 0 Å². The standard InChI is InChI=1S/C15H18BrN5/c1-20-6-8-21(9-7-20)12-4-2-11(3-5-12)13-10-18-15(17)14(16)19-13/h2-5,10H,6-9H2,1H3,(H2,17,18). The van der Waals surface area contributed by atoms with E-state index in [1.807, 2.05) is 0 Å². The monoisotopic (exact) mass is 347 g/mol. The number of nitrogens with two attached hydrogens (primary N) is 1. The maximum absolute atomic E-state index is 5.67. The van der Waals surface area contributed by atoms with Crippen LogP contribution in [-0.4, -0.2) is 48.1 Å². The van der Waals surface area contributed by atoms with Gasteiger partial charge in [-0.15, -0.1) is 0 Å². The molecule has 1 saturated heterocycles. The predicted octanol–water partition coefficient (Wildman–Crippen LogP) is 2.24. The highest BCUT2D eigenvalue weighted by atomic mass is 79.9. The van der Waals surface area contributed by atoms with E-state index >= 15 is 0 Å². The first kappa shape index (κ1) is 14.3. The number of piperazine rings is 1. The Hall–Kier alpha value is -1.66. The van der Waals surface area contributed by atoms with Gasteiger partial charge < -0.3 is 15.5 Å². The molecule has 1 fully saturated rings. The number of nitrogens with zero attached hydrogens (tertiary/aromatic N) is 4. The first-order valence-electron chi connectivity index (χ1n) is 6.95. The van der Waals surface area contributed by atoms with E-state index < -0.39 is 0 Å². The summed E-state index contributed by atoms with van der Waals surface area (Å²) in [6.45, 7) is 4.36. The highest BCUT2D eigenvalue weighted by Gasteiger charge is 2.14. The summed E-state index contributed by atoms with van der Waals surface area (Å²) in [6.07, 6.45) is 1.70. The van der Waals surface area contributed by atoms with Crippen molar-refractivity contribution in [3.8, 4) is 11.3 Å². The molecule has 6 heteroatoms. The Morgan fingerprint density at radius 1 is 1.10 bits per heavy atom. The van der Waals surface area contributed by atoms with Gasteiger partial charge >= 0.3 is 0 Å². The highest BCUT2D eigenvalue weighted by molar-refractivity contribution is 9.10. The molecule has 1 aromatic carbocycles. The predicted molar refractivity (Wildman–Crippen MR) is 89.3 cm³/mol. The van der Waals surface area contributed by atoms with E-state index in [1.165, 1.54) is 5.69 Å². The first-order chi connectivity index (χ1) is 10.1. The van der Waals surface area contributed by atoms with Crippen LogP contribution in [0.5, 0.6) is 0 Å². The quantitative estimate of drug-likeness (QED) is 0.902. The fraction of sp³-hybridized carbons (Fsp3) is 0.333. The molecule has 5 nitrogen and oxygen atoms in total. The van der Waals surface area contributed by atoms with E-state index in [0.29, 0.717) is 10.4 Å². The zero-order chi connectivity index (χ0) is 14.8. The summed E-state index contributed by atoms with van der Waals surface area (Å²) in [5.41, 5.74) is 8.79. The normalized spacial score (nSPS) is 16.2. The highest BCUT2D eigenvalue weighted by Crippen LogP contribution is 2.24. The third-order valence-corrected chi connectivity index (χ3v) is 4.37. The smallest absolute Gasteiger partial charge is 0.156 e. The number of anilines is 2. The molecule has 1 aromatic heterocycles. The van der Waals surface area contributed by atoms with E-state index in [9.17, 15) is 0 Å².